The number of carbonyl (C=O) groups is 2. The Bertz CT molecular complexity index is 1140. The van der Waals surface area contributed by atoms with Crippen molar-refractivity contribution >= 4 is 29.6 Å². The summed E-state index contributed by atoms with van der Waals surface area (Å²) in [7, 11) is 3.97. The van der Waals surface area contributed by atoms with Crippen molar-refractivity contribution in [3.8, 4) is 5.75 Å². The van der Waals surface area contributed by atoms with Crippen molar-refractivity contribution in [2.75, 3.05) is 19.0 Å². The summed E-state index contributed by atoms with van der Waals surface area (Å²) in [5.41, 5.74) is 9.80. The summed E-state index contributed by atoms with van der Waals surface area (Å²) in [6, 6.07) is 14.2. The van der Waals surface area contributed by atoms with Crippen molar-refractivity contribution in [2.45, 2.75) is 39.2 Å². The lowest BCUT2D eigenvalue weighted by atomic mass is 9.87. The average Bonchev–Trinajstić information content (AvgIpc) is 2.84. The van der Waals surface area contributed by atoms with Crippen LogP contribution >= 0.6 is 0 Å². The van der Waals surface area contributed by atoms with E-state index in [1.165, 1.54) is 6.08 Å². The van der Waals surface area contributed by atoms with Crippen LogP contribution < -0.4 is 15.4 Å². The van der Waals surface area contributed by atoms with Gasteiger partial charge in [-0.2, -0.15) is 0 Å². The molecule has 6 nitrogen and oxygen atoms in total. The molecule has 2 aromatic carbocycles. The first kappa shape index (κ1) is 26.0. The maximum absolute atomic E-state index is 13.0. The van der Waals surface area contributed by atoms with Crippen LogP contribution in [0.15, 0.2) is 71.5 Å². The van der Waals surface area contributed by atoms with E-state index in [2.05, 4.69) is 0 Å². The van der Waals surface area contributed by atoms with Gasteiger partial charge in [0.1, 0.15) is 17.6 Å². The quantitative estimate of drug-likeness (QED) is 0.245. The van der Waals surface area contributed by atoms with Crippen LogP contribution in [0.2, 0.25) is 0 Å². The van der Waals surface area contributed by atoms with Crippen LogP contribution in [0.4, 0.5) is 5.69 Å². The van der Waals surface area contributed by atoms with E-state index >= 15 is 0 Å². The Kier molecular flexibility index (Phi) is 8.66. The van der Waals surface area contributed by atoms with E-state index in [-0.39, 0.29) is 17.5 Å². The molecule has 0 amide bonds. The van der Waals surface area contributed by atoms with Crippen molar-refractivity contribution in [3.05, 3.63) is 82.6 Å². The third-order valence-electron chi connectivity index (χ3n) is 6.02. The number of benzene rings is 2. The molecule has 0 aliphatic heterocycles. The van der Waals surface area contributed by atoms with E-state index in [9.17, 15) is 14.7 Å². The third-order valence-corrected chi connectivity index (χ3v) is 6.02. The van der Waals surface area contributed by atoms with Crippen molar-refractivity contribution in [1.29, 1.82) is 0 Å². The SMILES string of the molecule is CC(C)C(N)C(=O)Oc1ccc(/C=C/C(O)=C2\CCC/C(=C\c3ccc(N(C)C)cc3)C2=O)cc1. The second-order valence-electron chi connectivity index (χ2n) is 9.30. The van der Waals surface area contributed by atoms with Gasteiger partial charge in [-0.15, -0.1) is 0 Å². The molecule has 0 saturated heterocycles. The van der Waals surface area contributed by atoms with Gasteiger partial charge in [-0.25, -0.2) is 4.79 Å². The lowest BCUT2D eigenvalue weighted by molar-refractivity contribution is -0.136. The first-order chi connectivity index (χ1) is 16.7. The molecule has 0 bridgehead atoms. The van der Waals surface area contributed by atoms with E-state index in [0.29, 0.717) is 29.7 Å². The molecule has 6 heteroatoms. The average molecular weight is 475 g/mol. The molecule has 1 unspecified atom stereocenters. The number of nitrogens with two attached hydrogens (primary N) is 1. The maximum Gasteiger partial charge on any atom is 0.328 e. The Morgan fingerprint density at radius 1 is 1.03 bits per heavy atom. The van der Waals surface area contributed by atoms with Crippen LogP contribution in [0.3, 0.4) is 0 Å². The Labute approximate surface area is 207 Å². The number of esters is 1. The topological polar surface area (TPSA) is 92.9 Å². The van der Waals surface area contributed by atoms with Crippen LogP contribution in [0, 0.1) is 5.92 Å². The minimum absolute atomic E-state index is 0.0118. The van der Waals surface area contributed by atoms with Gasteiger partial charge in [0.2, 0.25) is 0 Å². The molecule has 1 fully saturated rings. The van der Waals surface area contributed by atoms with E-state index in [1.54, 1.807) is 30.3 Å². The van der Waals surface area contributed by atoms with Gasteiger partial charge in [0, 0.05) is 30.9 Å². The molecule has 0 aromatic heterocycles. The summed E-state index contributed by atoms with van der Waals surface area (Å²) < 4.78 is 5.31. The second-order valence-corrected chi connectivity index (χ2v) is 9.30. The van der Waals surface area contributed by atoms with Crippen molar-refractivity contribution < 1.29 is 19.4 Å². The van der Waals surface area contributed by atoms with E-state index in [4.69, 9.17) is 10.5 Å². The van der Waals surface area contributed by atoms with Crippen LogP contribution in [0.1, 0.15) is 44.2 Å². The Morgan fingerprint density at radius 3 is 2.26 bits per heavy atom. The summed E-state index contributed by atoms with van der Waals surface area (Å²) >= 11 is 0. The predicted molar refractivity (Wildman–Crippen MR) is 141 cm³/mol. The number of nitrogens with zero attached hydrogens (tertiary/aromatic N) is 1. The number of carbonyl (C=O) groups excluding carboxylic acids is 2. The number of allylic oxidation sites excluding steroid dienone is 3. The number of ketones is 1. The Hall–Kier alpha value is -3.64. The molecule has 184 valence electrons. The zero-order valence-corrected chi connectivity index (χ0v) is 20.8. The van der Waals surface area contributed by atoms with Gasteiger partial charge in [0.15, 0.2) is 5.78 Å². The van der Waals surface area contributed by atoms with Gasteiger partial charge < -0.3 is 20.5 Å². The number of hydrogen-bond acceptors (Lipinski definition) is 6. The highest BCUT2D eigenvalue weighted by atomic mass is 16.5. The molecule has 1 aliphatic rings. The fraction of sp³-hybridized carbons (Fsp3) is 0.310. The fourth-order valence-corrected chi connectivity index (χ4v) is 3.71. The van der Waals surface area contributed by atoms with Crippen molar-refractivity contribution in [3.63, 3.8) is 0 Å². The zero-order chi connectivity index (χ0) is 25.5. The van der Waals surface area contributed by atoms with Gasteiger partial charge >= 0.3 is 5.97 Å². The Morgan fingerprint density at radius 2 is 1.66 bits per heavy atom. The molecule has 0 spiro atoms. The zero-order valence-electron chi connectivity index (χ0n) is 20.8. The molecule has 1 aliphatic carbocycles. The molecule has 35 heavy (non-hydrogen) atoms. The largest absolute Gasteiger partial charge is 0.508 e. The van der Waals surface area contributed by atoms with E-state index in [0.717, 1.165) is 23.2 Å². The molecule has 2 aromatic rings. The molecule has 1 saturated carbocycles. The van der Waals surface area contributed by atoms with E-state index < -0.39 is 12.0 Å². The number of aliphatic hydroxyl groups is 1. The van der Waals surface area contributed by atoms with Crippen LogP contribution in [0.5, 0.6) is 5.75 Å². The van der Waals surface area contributed by atoms with Crippen LogP contribution in [0.25, 0.3) is 12.2 Å². The lowest BCUT2D eigenvalue weighted by Gasteiger charge is -2.17. The maximum atomic E-state index is 13.0. The summed E-state index contributed by atoms with van der Waals surface area (Å²) in [5.74, 6) is -0.219. The van der Waals surface area contributed by atoms with Gasteiger partial charge in [-0.3, -0.25) is 4.79 Å². The molecule has 0 heterocycles. The van der Waals surface area contributed by atoms with Gasteiger partial charge in [0.25, 0.3) is 0 Å². The molecule has 3 rings (SSSR count). The molecular weight excluding hydrogens is 440 g/mol. The normalized spacial score (nSPS) is 17.7. The Balaban J connectivity index is 1.69. The number of anilines is 1. The number of rotatable bonds is 7. The third kappa shape index (κ3) is 6.93. The first-order valence-corrected chi connectivity index (χ1v) is 11.9. The van der Waals surface area contributed by atoms with E-state index in [1.807, 2.05) is 63.2 Å². The monoisotopic (exact) mass is 474 g/mol. The summed E-state index contributed by atoms with van der Waals surface area (Å²) in [4.78, 5) is 27.0. The minimum Gasteiger partial charge on any atom is -0.508 e. The molecule has 3 N–H and O–H groups in total. The highest BCUT2D eigenvalue weighted by Gasteiger charge is 2.23. The summed E-state index contributed by atoms with van der Waals surface area (Å²) in [5, 5.41) is 10.6. The standard InChI is InChI=1S/C29H34N2O4/c1-19(2)27(30)29(34)35-24-15-10-20(11-16-24)12-17-26(32)25-7-5-6-22(28(25)33)18-21-8-13-23(14-9-21)31(3)4/h8-19,27,32H,5-7,30H2,1-4H3/b17-12+,22-18+,26-25-. The summed E-state index contributed by atoms with van der Waals surface area (Å²) in [6.45, 7) is 3.72. The van der Waals surface area contributed by atoms with Crippen molar-refractivity contribution in [2.24, 2.45) is 11.7 Å². The van der Waals surface area contributed by atoms with Gasteiger partial charge in [-0.1, -0.05) is 44.2 Å². The molecule has 0 radical (unpaired) electrons. The molecular formula is C29H34N2O4. The van der Waals surface area contributed by atoms with Crippen LogP contribution in [-0.4, -0.2) is 37.0 Å². The van der Waals surface area contributed by atoms with Crippen LogP contribution in [-0.2, 0) is 9.59 Å². The van der Waals surface area contributed by atoms with Gasteiger partial charge in [-0.05, 0) is 72.7 Å². The summed E-state index contributed by atoms with van der Waals surface area (Å²) in [6.07, 6.45) is 7.20. The number of Topliss-reactive ketones (excluding diaryl/α,β-unsaturated/α-hetero) is 1. The highest BCUT2D eigenvalue weighted by molar-refractivity contribution is 6.12. The predicted octanol–water partition coefficient (Wildman–Crippen LogP) is 5.30. The number of ether oxygens (including phenoxy) is 1. The minimum atomic E-state index is -0.678. The smallest absolute Gasteiger partial charge is 0.328 e. The lowest BCUT2D eigenvalue weighted by Crippen LogP contribution is -2.38. The highest BCUT2D eigenvalue weighted by Crippen LogP contribution is 2.29. The number of hydrogen-bond donors (Lipinski definition) is 2. The molecule has 1 atom stereocenters. The second kappa shape index (κ2) is 11.7. The fourth-order valence-electron chi connectivity index (χ4n) is 3.71. The van der Waals surface area contributed by atoms with Gasteiger partial charge in [0.05, 0.1) is 0 Å². The first-order valence-electron chi connectivity index (χ1n) is 11.9. The number of aliphatic hydroxyl groups excluding tert-OH is 1. The van der Waals surface area contributed by atoms with Crippen molar-refractivity contribution in [1.82, 2.24) is 0 Å².